The molecule has 1 spiro atoms. The van der Waals surface area contributed by atoms with Crippen molar-refractivity contribution in [2.45, 2.75) is 73.6 Å². The van der Waals surface area contributed by atoms with Crippen LogP contribution >= 0.6 is 0 Å². The normalized spacial score (nSPS) is 62.4. The smallest absolute Gasteiger partial charge is 0.120 e. The van der Waals surface area contributed by atoms with Crippen molar-refractivity contribution in [3.8, 4) is 0 Å². The summed E-state index contributed by atoms with van der Waals surface area (Å²) < 4.78 is 23.7. The van der Waals surface area contributed by atoms with Gasteiger partial charge < -0.3 is 44.5 Å². The first-order chi connectivity index (χ1) is 16.6. The Balaban J connectivity index is 1.68. The maximum absolute atomic E-state index is 12.6. The van der Waals surface area contributed by atoms with Crippen LogP contribution in [0.3, 0.4) is 0 Å². The van der Waals surface area contributed by atoms with Crippen LogP contribution in [0.1, 0.15) is 19.8 Å². The molecule has 7 bridgehead atoms. The maximum atomic E-state index is 12.6. The van der Waals surface area contributed by atoms with Gasteiger partial charge in [-0.15, -0.1) is 0 Å². The molecule has 10 nitrogen and oxygen atoms in total. The van der Waals surface area contributed by atoms with E-state index < -0.39 is 76.4 Å². The Kier molecular flexibility index (Phi) is 5.40. The molecule has 5 saturated carbocycles. The number of nitrogens with zero attached hydrogens (tertiary/aromatic N) is 1. The average molecular weight is 500 g/mol. The molecule has 5 aliphatic carbocycles. The lowest BCUT2D eigenvalue weighted by molar-refractivity contribution is -0.320. The van der Waals surface area contributed by atoms with Crippen LogP contribution in [0, 0.1) is 34.5 Å². The van der Waals surface area contributed by atoms with E-state index in [1.165, 1.54) is 7.11 Å². The van der Waals surface area contributed by atoms with Crippen LogP contribution in [0.25, 0.3) is 0 Å². The van der Waals surface area contributed by atoms with Crippen LogP contribution in [0.5, 0.6) is 0 Å². The summed E-state index contributed by atoms with van der Waals surface area (Å²) in [5.41, 5.74) is -4.81. The molecule has 10 heteroatoms. The molecule has 1 aliphatic heterocycles. The number of methoxy groups -OCH3 is 4. The number of aliphatic hydroxyl groups excluding tert-OH is 3. The van der Waals surface area contributed by atoms with Gasteiger partial charge in [-0.25, -0.2) is 0 Å². The average Bonchev–Trinajstić information content (AvgIpc) is 3.19. The molecule has 5 N–H and O–H groups in total. The minimum atomic E-state index is -1.76. The van der Waals surface area contributed by atoms with Gasteiger partial charge in [-0.1, -0.05) is 6.92 Å². The van der Waals surface area contributed by atoms with Crippen LogP contribution in [0.2, 0.25) is 0 Å². The zero-order valence-electron chi connectivity index (χ0n) is 21.2. The van der Waals surface area contributed by atoms with Gasteiger partial charge in [-0.2, -0.15) is 0 Å². The Morgan fingerprint density at radius 2 is 1.66 bits per heavy atom. The van der Waals surface area contributed by atoms with Crippen LogP contribution in [0.4, 0.5) is 0 Å². The molecule has 1 saturated heterocycles. The van der Waals surface area contributed by atoms with E-state index in [1.54, 1.807) is 21.3 Å². The summed E-state index contributed by atoms with van der Waals surface area (Å²) in [5, 5.41) is 59.3. The van der Waals surface area contributed by atoms with Crippen LogP contribution in [0.15, 0.2) is 0 Å². The molecule has 0 amide bonds. The van der Waals surface area contributed by atoms with Crippen molar-refractivity contribution in [2.75, 3.05) is 48.1 Å². The number of fused-ring (bicyclic) bond motifs is 2. The van der Waals surface area contributed by atoms with Crippen LogP contribution < -0.4 is 0 Å². The number of likely N-dealkylation sites (tertiary alicyclic amines) is 1. The zero-order chi connectivity index (χ0) is 25.3. The second-order valence-corrected chi connectivity index (χ2v) is 12.1. The lowest BCUT2D eigenvalue weighted by Gasteiger charge is -2.70. The van der Waals surface area contributed by atoms with Gasteiger partial charge in [-0.3, -0.25) is 4.90 Å². The number of piperidine rings is 1. The van der Waals surface area contributed by atoms with E-state index >= 15 is 0 Å². The fourth-order valence-electron chi connectivity index (χ4n) is 11.0. The number of ether oxygens (including phenoxy) is 4. The van der Waals surface area contributed by atoms with Crippen molar-refractivity contribution in [1.82, 2.24) is 4.90 Å². The van der Waals surface area contributed by atoms with Gasteiger partial charge in [0.2, 0.25) is 0 Å². The number of hydrogen-bond acceptors (Lipinski definition) is 10. The van der Waals surface area contributed by atoms with Crippen molar-refractivity contribution in [3.63, 3.8) is 0 Å². The lowest BCUT2D eigenvalue weighted by Crippen LogP contribution is -2.81. The highest BCUT2D eigenvalue weighted by Crippen LogP contribution is 2.79. The van der Waals surface area contributed by atoms with Crippen molar-refractivity contribution in [1.29, 1.82) is 0 Å². The van der Waals surface area contributed by atoms with Crippen molar-refractivity contribution < 1.29 is 44.5 Å². The molecular formula is C25H41NO9. The molecule has 6 aliphatic rings. The lowest BCUT2D eigenvalue weighted by atomic mass is 9.42. The summed E-state index contributed by atoms with van der Waals surface area (Å²) in [4.78, 5) is 2.29. The van der Waals surface area contributed by atoms with Gasteiger partial charge in [0.15, 0.2) is 0 Å². The Bertz CT molecular complexity index is 878. The quantitative estimate of drug-likeness (QED) is 0.285. The van der Waals surface area contributed by atoms with E-state index in [0.29, 0.717) is 26.1 Å². The summed E-state index contributed by atoms with van der Waals surface area (Å²) in [7, 11) is 6.29. The first-order valence-corrected chi connectivity index (χ1v) is 12.9. The SMILES string of the molecule is CCN1C[C@@]2(COC)C3[C@@H](OC)[C@H]4C1[C@@]3(C1C[C@@]3(O)[C@H](O)C1[C@]4(O)[C@@H](O)[C@@H]3OC)[C@@H](OC)C[C@H]2O. The van der Waals surface area contributed by atoms with Crippen LogP contribution in [-0.2, 0) is 18.9 Å². The summed E-state index contributed by atoms with van der Waals surface area (Å²) in [6, 6.07) is -0.240. The predicted octanol–water partition coefficient (Wildman–Crippen LogP) is -1.79. The van der Waals surface area contributed by atoms with E-state index in [4.69, 9.17) is 18.9 Å². The molecule has 6 rings (SSSR count). The first-order valence-electron chi connectivity index (χ1n) is 12.9. The molecule has 200 valence electrons. The van der Waals surface area contributed by atoms with Crippen molar-refractivity contribution in [2.24, 2.45) is 34.5 Å². The standard InChI is InChI=1S/C25H41NO9/c1-6-26-9-22(10-32-2)12(27)7-13(33-3)24-11-8-23(30)19(28)14(11)25(31,20(29)21(23)35-5)15(18(24)26)16(34-4)17(22)24/h11-21,27-31H,6-10H2,1-5H3/t11?,12-,13+,14?,15+,16+,17?,18?,19-,20+,21+,22+,23-,24+,25-/m1/s1. The van der Waals surface area contributed by atoms with Gasteiger partial charge in [-0.05, 0) is 18.9 Å². The van der Waals surface area contributed by atoms with E-state index in [9.17, 15) is 25.5 Å². The topological polar surface area (TPSA) is 141 Å². The Labute approximate surface area is 206 Å². The highest BCUT2D eigenvalue weighted by Gasteiger charge is 2.90. The minimum absolute atomic E-state index is 0.156. The van der Waals surface area contributed by atoms with Gasteiger partial charge >= 0.3 is 0 Å². The number of hydrogen-bond donors (Lipinski definition) is 5. The molecule has 15 atom stereocenters. The highest BCUT2D eigenvalue weighted by atomic mass is 16.5. The fourth-order valence-corrected chi connectivity index (χ4v) is 11.0. The molecule has 4 unspecified atom stereocenters. The Hall–Kier alpha value is -0.400. The van der Waals surface area contributed by atoms with Crippen molar-refractivity contribution >= 4 is 0 Å². The molecule has 0 aromatic carbocycles. The van der Waals surface area contributed by atoms with Gasteiger partial charge in [0, 0.05) is 76.0 Å². The van der Waals surface area contributed by atoms with E-state index in [0.717, 1.165) is 0 Å². The van der Waals surface area contributed by atoms with Gasteiger partial charge in [0.05, 0.1) is 31.0 Å². The van der Waals surface area contributed by atoms with E-state index in [2.05, 4.69) is 11.8 Å². The highest BCUT2D eigenvalue weighted by molar-refractivity contribution is 5.39. The van der Waals surface area contributed by atoms with E-state index in [1.807, 2.05) is 0 Å². The Morgan fingerprint density at radius 3 is 2.23 bits per heavy atom. The summed E-state index contributed by atoms with van der Waals surface area (Å²) in [6.07, 6.45) is -4.95. The predicted molar refractivity (Wildman–Crippen MR) is 121 cm³/mol. The molecule has 0 aromatic heterocycles. The number of rotatable bonds is 6. The van der Waals surface area contributed by atoms with Crippen LogP contribution in [-0.4, -0.2) is 132 Å². The van der Waals surface area contributed by atoms with E-state index in [-0.39, 0.29) is 18.4 Å². The molecule has 0 aromatic rings. The second-order valence-electron chi connectivity index (χ2n) is 12.1. The minimum Gasteiger partial charge on any atom is -0.392 e. The fraction of sp³-hybridized carbons (Fsp3) is 1.00. The Morgan fingerprint density at radius 1 is 0.943 bits per heavy atom. The molecular weight excluding hydrogens is 458 g/mol. The second kappa shape index (κ2) is 7.59. The zero-order valence-corrected chi connectivity index (χ0v) is 21.2. The monoisotopic (exact) mass is 499 g/mol. The summed E-state index contributed by atoms with van der Waals surface area (Å²) >= 11 is 0. The molecule has 1 heterocycles. The largest absolute Gasteiger partial charge is 0.392 e. The van der Waals surface area contributed by atoms with Gasteiger partial charge in [0.25, 0.3) is 0 Å². The third-order valence-corrected chi connectivity index (χ3v) is 11.7. The molecule has 35 heavy (non-hydrogen) atoms. The first kappa shape index (κ1) is 24.9. The third-order valence-electron chi connectivity index (χ3n) is 11.7. The number of aliphatic hydroxyl groups is 5. The maximum Gasteiger partial charge on any atom is 0.120 e. The summed E-state index contributed by atoms with van der Waals surface area (Å²) in [6.45, 7) is 3.58. The summed E-state index contributed by atoms with van der Waals surface area (Å²) in [5.74, 6) is -2.04. The third kappa shape index (κ3) is 2.35. The molecule has 6 fully saturated rings. The van der Waals surface area contributed by atoms with Gasteiger partial charge in [0.1, 0.15) is 23.4 Å². The van der Waals surface area contributed by atoms with Crippen molar-refractivity contribution in [3.05, 3.63) is 0 Å². The molecule has 0 radical (unpaired) electrons.